The number of ketones is 1. The van der Waals surface area contributed by atoms with Crippen LogP contribution in [-0.2, 0) is 4.79 Å². The molecule has 0 spiro atoms. The highest BCUT2D eigenvalue weighted by molar-refractivity contribution is 7.99. The zero-order valence-corrected chi connectivity index (χ0v) is 12.7. The van der Waals surface area contributed by atoms with E-state index in [2.05, 4.69) is 15.1 Å². The maximum atomic E-state index is 11.5. The monoisotopic (exact) mass is 278 g/mol. The van der Waals surface area contributed by atoms with Gasteiger partial charge in [0, 0.05) is 22.6 Å². The topological polar surface area (TPSA) is 60.2 Å². The van der Waals surface area contributed by atoms with Crippen LogP contribution in [0.1, 0.15) is 32.2 Å². The SMILES string of the molecule is CC(=O)C(C)(C)CSc1nc2nc(C)cc(C)n2n1. The second-order valence-electron chi connectivity index (χ2n) is 5.37. The molecule has 0 bridgehead atoms. The molecular formula is C13H18N4OS. The highest BCUT2D eigenvalue weighted by Gasteiger charge is 2.24. The third-order valence-corrected chi connectivity index (χ3v) is 4.41. The van der Waals surface area contributed by atoms with Crippen LogP contribution in [0, 0.1) is 19.3 Å². The third kappa shape index (κ3) is 2.94. The van der Waals surface area contributed by atoms with Crippen molar-refractivity contribution < 1.29 is 4.79 Å². The second-order valence-corrected chi connectivity index (χ2v) is 6.32. The molecule has 0 aliphatic heterocycles. The molecule has 0 unspecified atom stereocenters. The molecule has 0 radical (unpaired) electrons. The van der Waals surface area contributed by atoms with Crippen LogP contribution in [0.15, 0.2) is 11.2 Å². The van der Waals surface area contributed by atoms with Gasteiger partial charge in [0.1, 0.15) is 5.78 Å². The van der Waals surface area contributed by atoms with Gasteiger partial charge in [0.15, 0.2) is 0 Å². The third-order valence-electron chi connectivity index (χ3n) is 3.11. The van der Waals surface area contributed by atoms with E-state index in [9.17, 15) is 4.79 Å². The first-order valence-corrected chi connectivity index (χ1v) is 7.13. The number of rotatable bonds is 4. The summed E-state index contributed by atoms with van der Waals surface area (Å²) < 4.78 is 1.73. The molecule has 2 aromatic heterocycles. The molecule has 0 atom stereocenters. The van der Waals surface area contributed by atoms with Crippen LogP contribution in [-0.4, -0.2) is 31.1 Å². The number of nitrogens with zero attached hydrogens (tertiary/aromatic N) is 4. The minimum Gasteiger partial charge on any atom is -0.299 e. The molecule has 0 saturated carbocycles. The first-order chi connectivity index (χ1) is 8.79. The number of aromatic nitrogens is 4. The van der Waals surface area contributed by atoms with Gasteiger partial charge in [-0.15, -0.1) is 5.10 Å². The molecule has 2 aromatic rings. The highest BCUT2D eigenvalue weighted by atomic mass is 32.2. The normalized spacial score (nSPS) is 12.1. The lowest BCUT2D eigenvalue weighted by Gasteiger charge is -2.18. The first kappa shape index (κ1) is 14.0. The fraction of sp³-hybridized carbons (Fsp3) is 0.538. The zero-order chi connectivity index (χ0) is 14.2. The fourth-order valence-corrected chi connectivity index (χ4v) is 2.53. The Balaban J connectivity index is 2.23. The number of hydrogen-bond acceptors (Lipinski definition) is 5. The van der Waals surface area contributed by atoms with E-state index in [0.29, 0.717) is 16.7 Å². The predicted octanol–water partition coefficient (Wildman–Crippen LogP) is 2.45. The molecule has 19 heavy (non-hydrogen) atoms. The lowest BCUT2D eigenvalue weighted by atomic mass is 9.92. The van der Waals surface area contributed by atoms with Gasteiger partial charge in [-0.2, -0.15) is 4.98 Å². The Morgan fingerprint density at radius 3 is 2.68 bits per heavy atom. The average molecular weight is 278 g/mol. The summed E-state index contributed by atoms with van der Waals surface area (Å²) in [4.78, 5) is 20.2. The first-order valence-electron chi connectivity index (χ1n) is 6.14. The minimum absolute atomic E-state index is 0.175. The molecule has 2 rings (SSSR count). The van der Waals surface area contributed by atoms with E-state index in [4.69, 9.17) is 0 Å². The number of hydrogen-bond donors (Lipinski definition) is 0. The lowest BCUT2D eigenvalue weighted by molar-refractivity contribution is -0.123. The maximum Gasteiger partial charge on any atom is 0.253 e. The summed E-state index contributed by atoms with van der Waals surface area (Å²) >= 11 is 1.49. The van der Waals surface area contributed by atoms with Gasteiger partial charge >= 0.3 is 0 Å². The van der Waals surface area contributed by atoms with Crippen LogP contribution in [0.3, 0.4) is 0 Å². The van der Waals surface area contributed by atoms with E-state index in [1.165, 1.54) is 11.8 Å². The molecular weight excluding hydrogens is 260 g/mol. The van der Waals surface area contributed by atoms with Gasteiger partial charge in [-0.05, 0) is 26.8 Å². The number of thioether (sulfide) groups is 1. The van der Waals surface area contributed by atoms with E-state index in [1.807, 2.05) is 33.8 Å². The molecule has 5 nitrogen and oxygen atoms in total. The number of carbonyl (C=O) groups excluding carboxylic acids is 1. The standard InChI is InChI=1S/C13H18N4OS/c1-8-6-9(2)17-11(14-8)15-12(16-17)19-7-13(4,5)10(3)18/h6H,7H2,1-5H3. The summed E-state index contributed by atoms with van der Waals surface area (Å²) in [6.07, 6.45) is 0. The van der Waals surface area contributed by atoms with Crippen LogP contribution >= 0.6 is 11.8 Å². The Morgan fingerprint density at radius 2 is 2.05 bits per heavy atom. The van der Waals surface area contributed by atoms with Crippen molar-refractivity contribution in [2.45, 2.75) is 39.8 Å². The lowest BCUT2D eigenvalue weighted by Crippen LogP contribution is -2.24. The fourth-order valence-electron chi connectivity index (χ4n) is 1.56. The van der Waals surface area contributed by atoms with Crippen LogP contribution in [0.4, 0.5) is 0 Å². The summed E-state index contributed by atoms with van der Waals surface area (Å²) in [5.74, 6) is 1.45. The van der Waals surface area contributed by atoms with E-state index < -0.39 is 0 Å². The average Bonchev–Trinajstić information content (AvgIpc) is 2.69. The smallest absolute Gasteiger partial charge is 0.253 e. The summed E-state index contributed by atoms with van der Waals surface area (Å²) in [5, 5.41) is 5.07. The van der Waals surface area contributed by atoms with Crippen molar-refractivity contribution in [1.29, 1.82) is 0 Å². The van der Waals surface area contributed by atoms with Crippen molar-refractivity contribution in [1.82, 2.24) is 19.6 Å². The number of carbonyl (C=O) groups is 1. The van der Waals surface area contributed by atoms with E-state index in [-0.39, 0.29) is 11.2 Å². The van der Waals surface area contributed by atoms with E-state index in [0.717, 1.165) is 11.4 Å². The zero-order valence-electron chi connectivity index (χ0n) is 11.9. The Hall–Kier alpha value is -1.43. The number of Topliss-reactive ketones (excluding diaryl/α,β-unsaturated/α-hetero) is 1. The van der Waals surface area contributed by atoms with Gasteiger partial charge in [0.05, 0.1) is 0 Å². The van der Waals surface area contributed by atoms with Crippen molar-refractivity contribution in [3.8, 4) is 0 Å². The molecule has 0 aliphatic rings. The Labute approximate surface area is 116 Å². The van der Waals surface area contributed by atoms with Crippen molar-refractivity contribution in [2.75, 3.05) is 5.75 Å². The Bertz CT molecular complexity index is 633. The highest BCUT2D eigenvalue weighted by Crippen LogP contribution is 2.26. The Morgan fingerprint density at radius 1 is 1.37 bits per heavy atom. The summed E-state index contributed by atoms with van der Waals surface area (Å²) in [7, 11) is 0. The summed E-state index contributed by atoms with van der Waals surface area (Å²) in [5.41, 5.74) is 1.58. The van der Waals surface area contributed by atoms with Crippen LogP contribution < -0.4 is 0 Å². The molecule has 0 aliphatic carbocycles. The molecule has 2 heterocycles. The number of fused-ring (bicyclic) bond motifs is 1. The molecule has 102 valence electrons. The quantitative estimate of drug-likeness (QED) is 0.804. The molecule has 0 fully saturated rings. The van der Waals surface area contributed by atoms with Gasteiger partial charge in [-0.1, -0.05) is 25.6 Å². The van der Waals surface area contributed by atoms with Gasteiger partial charge < -0.3 is 0 Å². The van der Waals surface area contributed by atoms with Crippen molar-refractivity contribution >= 4 is 23.3 Å². The molecule has 0 amide bonds. The van der Waals surface area contributed by atoms with Gasteiger partial charge in [-0.3, -0.25) is 4.79 Å². The minimum atomic E-state index is -0.361. The predicted molar refractivity (Wildman–Crippen MR) is 75.4 cm³/mol. The summed E-state index contributed by atoms with van der Waals surface area (Å²) in [6, 6.07) is 1.97. The Kier molecular flexibility index (Phi) is 3.62. The van der Waals surface area contributed by atoms with Crippen molar-refractivity contribution in [3.05, 3.63) is 17.5 Å². The van der Waals surface area contributed by atoms with Crippen LogP contribution in [0.5, 0.6) is 0 Å². The largest absolute Gasteiger partial charge is 0.299 e. The molecule has 6 heteroatoms. The summed E-state index contributed by atoms with van der Waals surface area (Å²) in [6.45, 7) is 9.40. The van der Waals surface area contributed by atoms with Gasteiger partial charge in [0.25, 0.3) is 5.78 Å². The molecule has 0 aromatic carbocycles. The van der Waals surface area contributed by atoms with E-state index in [1.54, 1.807) is 11.4 Å². The number of aryl methyl sites for hydroxylation is 2. The van der Waals surface area contributed by atoms with Gasteiger partial charge in [-0.25, -0.2) is 9.50 Å². The van der Waals surface area contributed by atoms with Gasteiger partial charge in [0.2, 0.25) is 5.16 Å². The maximum absolute atomic E-state index is 11.5. The molecule has 0 saturated heterocycles. The van der Waals surface area contributed by atoms with E-state index >= 15 is 0 Å². The second kappa shape index (κ2) is 4.92. The van der Waals surface area contributed by atoms with Crippen molar-refractivity contribution in [2.24, 2.45) is 5.41 Å². The van der Waals surface area contributed by atoms with Crippen LogP contribution in [0.25, 0.3) is 5.78 Å². The van der Waals surface area contributed by atoms with Crippen molar-refractivity contribution in [3.63, 3.8) is 0 Å². The van der Waals surface area contributed by atoms with Crippen LogP contribution in [0.2, 0.25) is 0 Å². The molecule has 0 N–H and O–H groups in total.